The average Bonchev–Trinajstić information content (AvgIpc) is 2.74. The second-order valence-corrected chi connectivity index (χ2v) is 6.12. The zero-order valence-corrected chi connectivity index (χ0v) is 13.0. The van der Waals surface area contributed by atoms with Gasteiger partial charge in [0.15, 0.2) is 0 Å². The Morgan fingerprint density at radius 1 is 1.13 bits per heavy atom. The molecule has 1 aromatic heterocycles. The van der Waals surface area contributed by atoms with Crippen LogP contribution in [0.15, 0.2) is 18.2 Å². The molecule has 4 rings (SSSR count). The van der Waals surface area contributed by atoms with Gasteiger partial charge in [-0.15, -0.1) is 0 Å². The van der Waals surface area contributed by atoms with Crippen LogP contribution in [0.2, 0.25) is 0 Å². The number of benzene rings is 1. The molecule has 1 aliphatic heterocycles. The number of halogens is 1. The van der Waals surface area contributed by atoms with E-state index in [0.29, 0.717) is 0 Å². The van der Waals surface area contributed by atoms with Gasteiger partial charge in [-0.1, -0.05) is 6.07 Å². The lowest BCUT2D eigenvalue weighted by Crippen LogP contribution is -2.44. The number of anilines is 2. The summed E-state index contributed by atoms with van der Waals surface area (Å²) in [6.45, 7) is 3.67. The van der Waals surface area contributed by atoms with Crippen LogP contribution in [-0.2, 0) is 12.8 Å². The van der Waals surface area contributed by atoms with Gasteiger partial charge in [-0.25, -0.2) is 9.37 Å². The molecular weight excluding hydrogens is 293 g/mol. The van der Waals surface area contributed by atoms with E-state index in [-0.39, 0.29) is 11.8 Å². The van der Waals surface area contributed by atoms with Gasteiger partial charge in [0.25, 0.3) is 0 Å². The van der Waals surface area contributed by atoms with E-state index < -0.39 is 0 Å². The minimum absolute atomic E-state index is 0.238. The SMILES string of the molecule is Nc1nc2c(c(N3CCNCC3)n1)CCCc1ccc(F)cc1-2. The van der Waals surface area contributed by atoms with E-state index in [1.807, 2.05) is 6.07 Å². The zero-order chi connectivity index (χ0) is 15.8. The maximum atomic E-state index is 13.8. The number of fused-ring (bicyclic) bond motifs is 3. The summed E-state index contributed by atoms with van der Waals surface area (Å²) in [5, 5.41) is 3.35. The van der Waals surface area contributed by atoms with Gasteiger partial charge in [0.2, 0.25) is 5.95 Å². The van der Waals surface area contributed by atoms with Crippen LogP contribution in [0.4, 0.5) is 16.2 Å². The lowest BCUT2D eigenvalue weighted by atomic mass is 10.0. The molecule has 6 heteroatoms. The standard InChI is InChI=1S/C17H20FN5/c18-12-5-4-11-2-1-3-13-15(14(11)10-12)21-17(19)22-16(13)23-8-6-20-7-9-23/h4-5,10,20H,1-3,6-9H2,(H2,19,21,22). The fraction of sp³-hybridized carbons (Fsp3) is 0.412. The van der Waals surface area contributed by atoms with Crippen molar-refractivity contribution in [3.63, 3.8) is 0 Å². The smallest absolute Gasteiger partial charge is 0.222 e. The van der Waals surface area contributed by atoms with Gasteiger partial charge >= 0.3 is 0 Å². The molecule has 2 aromatic rings. The van der Waals surface area contributed by atoms with Crippen LogP contribution in [0.3, 0.4) is 0 Å². The Hall–Kier alpha value is -2.21. The van der Waals surface area contributed by atoms with E-state index >= 15 is 0 Å². The molecule has 5 nitrogen and oxygen atoms in total. The van der Waals surface area contributed by atoms with Crippen molar-refractivity contribution in [2.45, 2.75) is 19.3 Å². The number of nitrogen functional groups attached to an aromatic ring is 1. The Morgan fingerprint density at radius 3 is 2.78 bits per heavy atom. The van der Waals surface area contributed by atoms with Crippen molar-refractivity contribution in [2.75, 3.05) is 36.8 Å². The highest BCUT2D eigenvalue weighted by Crippen LogP contribution is 2.36. The van der Waals surface area contributed by atoms with Crippen molar-refractivity contribution in [3.8, 4) is 11.3 Å². The van der Waals surface area contributed by atoms with Gasteiger partial charge in [0.1, 0.15) is 11.6 Å². The van der Waals surface area contributed by atoms with Crippen LogP contribution in [0.5, 0.6) is 0 Å². The van der Waals surface area contributed by atoms with E-state index in [9.17, 15) is 4.39 Å². The predicted molar refractivity (Wildman–Crippen MR) is 88.9 cm³/mol. The van der Waals surface area contributed by atoms with Gasteiger partial charge < -0.3 is 16.0 Å². The Balaban J connectivity index is 1.89. The fourth-order valence-electron chi connectivity index (χ4n) is 3.52. The molecular formula is C17H20FN5. The first-order valence-corrected chi connectivity index (χ1v) is 8.13. The van der Waals surface area contributed by atoms with E-state index in [4.69, 9.17) is 5.73 Å². The number of piperazine rings is 1. The number of aromatic nitrogens is 2. The predicted octanol–water partition coefficient (Wildman–Crippen LogP) is 1.76. The highest BCUT2D eigenvalue weighted by Gasteiger charge is 2.24. The van der Waals surface area contributed by atoms with Crippen LogP contribution in [-0.4, -0.2) is 36.1 Å². The number of aryl methyl sites for hydroxylation is 1. The molecule has 1 aromatic carbocycles. The van der Waals surface area contributed by atoms with Crippen molar-refractivity contribution in [2.24, 2.45) is 0 Å². The number of nitrogens with zero attached hydrogens (tertiary/aromatic N) is 3. The average molecular weight is 313 g/mol. The van der Waals surface area contributed by atoms with Crippen LogP contribution in [0.1, 0.15) is 17.5 Å². The van der Waals surface area contributed by atoms with Gasteiger partial charge in [0.05, 0.1) is 5.69 Å². The lowest BCUT2D eigenvalue weighted by molar-refractivity contribution is 0.582. The molecule has 2 heterocycles. The summed E-state index contributed by atoms with van der Waals surface area (Å²) in [4.78, 5) is 11.2. The molecule has 0 amide bonds. The Morgan fingerprint density at radius 2 is 1.96 bits per heavy atom. The number of nitrogens with one attached hydrogen (secondary N) is 1. The van der Waals surface area contributed by atoms with Crippen LogP contribution in [0.25, 0.3) is 11.3 Å². The van der Waals surface area contributed by atoms with E-state index in [1.54, 1.807) is 6.07 Å². The molecule has 0 spiro atoms. The number of hydrogen-bond acceptors (Lipinski definition) is 5. The second-order valence-electron chi connectivity index (χ2n) is 6.12. The maximum absolute atomic E-state index is 13.8. The Kier molecular flexibility index (Phi) is 3.61. The fourth-order valence-corrected chi connectivity index (χ4v) is 3.52. The molecule has 1 fully saturated rings. The second kappa shape index (κ2) is 5.77. The highest BCUT2D eigenvalue weighted by atomic mass is 19.1. The van der Waals surface area contributed by atoms with E-state index in [1.165, 1.54) is 6.07 Å². The Bertz CT molecular complexity index is 740. The molecule has 0 atom stereocenters. The normalized spacial score (nSPS) is 17.3. The zero-order valence-electron chi connectivity index (χ0n) is 13.0. The first-order valence-electron chi connectivity index (χ1n) is 8.13. The van der Waals surface area contributed by atoms with Crippen molar-refractivity contribution < 1.29 is 4.39 Å². The molecule has 23 heavy (non-hydrogen) atoms. The summed E-state index contributed by atoms with van der Waals surface area (Å²) >= 11 is 0. The largest absolute Gasteiger partial charge is 0.368 e. The summed E-state index contributed by atoms with van der Waals surface area (Å²) in [5.41, 5.74) is 9.88. The molecule has 120 valence electrons. The first kappa shape index (κ1) is 14.4. The summed E-state index contributed by atoms with van der Waals surface area (Å²) < 4.78 is 13.8. The minimum atomic E-state index is -0.238. The topological polar surface area (TPSA) is 67.1 Å². The van der Waals surface area contributed by atoms with Crippen molar-refractivity contribution in [3.05, 3.63) is 35.1 Å². The lowest BCUT2D eigenvalue weighted by Gasteiger charge is -2.30. The molecule has 3 N–H and O–H groups in total. The molecule has 1 aliphatic carbocycles. The van der Waals surface area contributed by atoms with Gasteiger partial charge in [-0.2, -0.15) is 4.98 Å². The molecule has 2 aliphatic rings. The van der Waals surface area contributed by atoms with Gasteiger partial charge in [-0.3, -0.25) is 0 Å². The van der Waals surface area contributed by atoms with Crippen LogP contribution < -0.4 is 16.0 Å². The van der Waals surface area contributed by atoms with Crippen LogP contribution >= 0.6 is 0 Å². The van der Waals surface area contributed by atoms with E-state index in [2.05, 4.69) is 20.2 Å². The Labute approximate surface area is 134 Å². The van der Waals surface area contributed by atoms with Gasteiger partial charge in [0, 0.05) is 37.3 Å². The third kappa shape index (κ3) is 2.63. The molecule has 0 unspecified atom stereocenters. The third-order valence-electron chi connectivity index (χ3n) is 4.62. The summed E-state index contributed by atoms with van der Waals surface area (Å²) in [6.07, 6.45) is 2.83. The van der Waals surface area contributed by atoms with Crippen molar-refractivity contribution >= 4 is 11.8 Å². The van der Waals surface area contributed by atoms with E-state index in [0.717, 1.165) is 73.6 Å². The quantitative estimate of drug-likeness (QED) is 0.840. The minimum Gasteiger partial charge on any atom is -0.368 e. The summed E-state index contributed by atoms with van der Waals surface area (Å²) in [5.74, 6) is 0.943. The summed E-state index contributed by atoms with van der Waals surface area (Å²) in [6, 6.07) is 4.96. The highest BCUT2D eigenvalue weighted by molar-refractivity contribution is 5.74. The van der Waals surface area contributed by atoms with Crippen molar-refractivity contribution in [1.82, 2.24) is 15.3 Å². The molecule has 0 radical (unpaired) electrons. The third-order valence-corrected chi connectivity index (χ3v) is 4.62. The number of rotatable bonds is 1. The van der Waals surface area contributed by atoms with Gasteiger partial charge in [-0.05, 0) is 37.0 Å². The summed E-state index contributed by atoms with van der Waals surface area (Å²) in [7, 11) is 0. The van der Waals surface area contributed by atoms with Crippen molar-refractivity contribution in [1.29, 1.82) is 0 Å². The maximum Gasteiger partial charge on any atom is 0.222 e. The monoisotopic (exact) mass is 313 g/mol. The molecule has 0 bridgehead atoms. The number of nitrogens with two attached hydrogens (primary N) is 1. The van der Waals surface area contributed by atoms with Crippen LogP contribution in [0, 0.1) is 5.82 Å². The molecule has 0 saturated carbocycles. The number of hydrogen-bond donors (Lipinski definition) is 2. The first-order chi connectivity index (χ1) is 11.2. The molecule has 1 saturated heterocycles.